The summed E-state index contributed by atoms with van der Waals surface area (Å²) in [5, 5.41) is 3.55. The van der Waals surface area contributed by atoms with Crippen LogP contribution >= 0.6 is 23.2 Å². The number of carbonyl (C=O) groups is 2. The van der Waals surface area contributed by atoms with Crippen LogP contribution < -0.4 is 14.4 Å². The van der Waals surface area contributed by atoms with Gasteiger partial charge in [0.1, 0.15) is 18.3 Å². The molecule has 0 spiro atoms. The van der Waals surface area contributed by atoms with Gasteiger partial charge in [-0.3, -0.25) is 13.9 Å². The van der Waals surface area contributed by atoms with Crippen molar-refractivity contribution >= 4 is 50.7 Å². The molecule has 0 saturated carbocycles. The van der Waals surface area contributed by atoms with Crippen molar-refractivity contribution in [1.82, 2.24) is 10.2 Å². The van der Waals surface area contributed by atoms with Gasteiger partial charge in [0.05, 0.1) is 17.7 Å². The van der Waals surface area contributed by atoms with E-state index in [1.165, 1.54) is 24.1 Å². The fraction of sp³-hybridized carbons (Fsp3) is 0.212. The molecule has 230 valence electrons. The van der Waals surface area contributed by atoms with Gasteiger partial charge in [0.25, 0.3) is 10.0 Å². The van der Waals surface area contributed by atoms with Crippen LogP contribution in [0, 0.1) is 0 Å². The average Bonchev–Trinajstić information content (AvgIpc) is 3.03. The third kappa shape index (κ3) is 7.91. The van der Waals surface area contributed by atoms with Gasteiger partial charge in [0, 0.05) is 29.6 Å². The number of carbonyl (C=O) groups excluding carboxylic acids is 2. The molecule has 0 aliphatic carbocycles. The highest BCUT2D eigenvalue weighted by Gasteiger charge is 2.35. The van der Waals surface area contributed by atoms with Crippen LogP contribution in [0.15, 0.2) is 108 Å². The Bertz CT molecular complexity index is 1690. The molecular formula is C33H33Cl2N3O5S. The van der Waals surface area contributed by atoms with Gasteiger partial charge in [-0.25, -0.2) is 8.42 Å². The molecule has 2 amide bonds. The maximum atomic E-state index is 14.5. The van der Waals surface area contributed by atoms with Crippen LogP contribution in [0.25, 0.3) is 0 Å². The fourth-order valence-electron chi connectivity index (χ4n) is 4.75. The first-order chi connectivity index (χ1) is 21.1. The highest BCUT2D eigenvalue weighted by atomic mass is 35.5. The highest BCUT2D eigenvalue weighted by Crippen LogP contribution is 2.33. The summed E-state index contributed by atoms with van der Waals surface area (Å²) in [6.45, 7) is 1.43. The Morgan fingerprint density at radius 2 is 1.52 bits per heavy atom. The number of hydrogen-bond donors (Lipinski definition) is 1. The third-order valence-electron chi connectivity index (χ3n) is 6.94. The molecule has 0 radical (unpaired) electrons. The van der Waals surface area contributed by atoms with Gasteiger partial charge in [-0.05, 0) is 54.4 Å². The van der Waals surface area contributed by atoms with E-state index in [2.05, 4.69) is 5.32 Å². The van der Waals surface area contributed by atoms with Crippen molar-refractivity contribution in [1.29, 1.82) is 0 Å². The van der Waals surface area contributed by atoms with Crippen molar-refractivity contribution in [2.45, 2.75) is 30.8 Å². The summed E-state index contributed by atoms with van der Waals surface area (Å²) in [4.78, 5) is 29.4. The molecule has 1 unspecified atom stereocenters. The first-order valence-electron chi connectivity index (χ1n) is 13.9. The van der Waals surface area contributed by atoms with E-state index in [1.54, 1.807) is 67.6 Å². The number of methoxy groups -OCH3 is 1. The topological polar surface area (TPSA) is 96.0 Å². The van der Waals surface area contributed by atoms with Crippen LogP contribution in [0.3, 0.4) is 0 Å². The summed E-state index contributed by atoms with van der Waals surface area (Å²) >= 11 is 12.7. The van der Waals surface area contributed by atoms with E-state index < -0.39 is 28.5 Å². The second kappa shape index (κ2) is 15.1. The summed E-state index contributed by atoms with van der Waals surface area (Å²) in [6, 6.07) is 27.6. The number of likely N-dealkylation sites (N-methyl/N-ethyl adjacent to an activating group) is 1. The summed E-state index contributed by atoms with van der Waals surface area (Å²) in [7, 11) is -2.83. The molecule has 8 nitrogen and oxygen atoms in total. The van der Waals surface area contributed by atoms with E-state index in [-0.39, 0.29) is 35.2 Å². The fourth-order valence-corrected chi connectivity index (χ4v) is 6.66. The molecule has 0 aliphatic rings. The Balaban J connectivity index is 1.83. The van der Waals surface area contributed by atoms with Crippen LogP contribution in [0.2, 0.25) is 10.0 Å². The SMILES string of the molecule is CCNC(=O)C(Cc1ccccc1)N(Cc1ccc(Cl)cc1Cl)C(=O)CN(c1ccccc1OC)S(=O)(=O)c1ccccc1. The second-order valence-corrected chi connectivity index (χ2v) is 12.6. The summed E-state index contributed by atoms with van der Waals surface area (Å²) < 4.78 is 34.7. The Labute approximate surface area is 268 Å². The zero-order valence-electron chi connectivity index (χ0n) is 24.3. The lowest BCUT2D eigenvalue weighted by Gasteiger charge is -2.34. The van der Waals surface area contributed by atoms with Gasteiger partial charge in [-0.15, -0.1) is 0 Å². The molecule has 0 aliphatic heterocycles. The predicted molar refractivity (Wildman–Crippen MR) is 174 cm³/mol. The number of hydrogen-bond acceptors (Lipinski definition) is 5. The second-order valence-electron chi connectivity index (χ2n) is 9.85. The molecule has 0 fully saturated rings. The van der Waals surface area contributed by atoms with E-state index in [9.17, 15) is 18.0 Å². The van der Waals surface area contributed by atoms with Crippen molar-refractivity contribution in [3.8, 4) is 5.75 Å². The Morgan fingerprint density at radius 3 is 2.16 bits per heavy atom. The summed E-state index contributed by atoms with van der Waals surface area (Å²) in [5.74, 6) is -0.741. The van der Waals surface area contributed by atoms with Crippen LogP contribution in [-0.4, -0.2) is 51.4 Å². The number of para-hydroxylation sites is 2. The van der Waals surface area contributed by atoms with Gasteiger partial charge < -0.3 is 15.0 Å². The van der Waals surface area contributed by atoms with Crippen molar-refractivity contribution in [2.75, 3.05) is 24.5 Å². The number of ether oxygens (including phenoxy) is 1. The number of sulfonamides is 1. The van der Waals surface area contributed by atoms with E-state index in [4.69, 9.17) is 27.9 Å². The van der Waals surface area contributed by atoms with E-state index in [1.807, 2.05) is 30.3 Å². The van der Waals surface area contributed by atoms with Crippen LogP contribution in [0.5, 0.6) is 5.75 Å². The lowest BCUT2D eigenvalue weighted by atomic mass is 10.0. The van der Waals surface area contributed by atoms with Gasteiger partial charge in [-0.1, -0.05) is 89.9 Å². The number of halogens is 2. The zero-order chi connectivity index (χ0) is 31.7. The Kier molecular flexibility index (Phi) is 11.3. The van der Waals surface area contributed by atoms with Crippen molar-refractivity contribution in [2.24, 2.45) is 0 Å². The first kappa shape index (κ1) is 32.9. The van der Waals surface area contributed by atoms with Gasteiger partial charge in [0.15, 0.2) is 0 Å². The molecule has 4 rings (SSSR count). The van der Waals surface area contributed by atoms with Gasteiger partial charge in [0.2, 0.25) is 11.8 Å². The standard InChI is InChI=1S/C33H33Cl2N3O5S/c1-3-36-33(40)30(20-24-12-6-4-7-13-24)37(22-25-18-19-26(34)21-28(25)35)32(39)23-38(29-16-10-11-17-31(29)43-2)44(41,42)27-14-8-5-9-15-27/h4-19,21,30H,3,20,22-23H2,1-2H3,(H,36,40). The lowest BCUT2D eigenvalue weighted by molar-refractivity contribution is -0.140. The lowest BCUT2D eigenvalue weighted by Crippen LogP contribution is -2.53. The monoisotopic (exact) mass is 653 g/mol. The number of amides is 2. The largest absolute Gasteiger partial charge is 0.495 e. The molecule has 1 N–H and O–H groups in total. The highest BCUT2D eigenvalue weighted by molar-refractivity contribution is 7.92. The molecule has 0 aromatic heterocycles. The van der Waals surface area contributed by atoms with E-state index in [0.717, 1.165) is 9.87 Å². The van der Waals surface area contributed by atoms with Crippen molar-refractivity contribution < 1.29 is 22.7 Å². The number of benzene rings is 4. The molecule has 0 bridgehead atoms. The van der Waals surface area contributed by atoms with E-state index >= 15 is 0 Å². The number of anilines is 1. The van der Waals surface area contributed by atoms with Crippen LogP contribution in [0.1, 0.15) is 18.1 Å². The maximum absolute atomic E-state index is 14.5. The zero-order valence-corrected chi connectivity index (χ0v) is 26.6. The van der Waals surface area contributed by atoms with Crippen LogP contribution in [-0.2, 0) is 32.6 Å². The van der Waals surface area contributed by atoms with Crippen LogP contribution in [0.4, 0.5) is 5.69 Å². The summed E-state index contributed by atoms with van der Waals surface area (Å²) in [6.07, 6.45) is 0.184. The third-order valence-corrected chi connectivity index (χ3v) is 9.30. The van der Waals surface area contributed by atoms with Crippen molar-refractivity contribution in [3.63, 3.8) is 0 Å². The molecule has 11 heteroatoms. The minimum absolute atomic E-state index is 0.00411. The van der Waals surface area contributed by atoms with Gasteiger partial charge in [-0.2, -0.15) is 0 Å². The molecule has 44 heavy (non-hydrogen) atoms. The normalized spacial score (nSPS) is 11.8. The van der Waals surface area contributed by atoms with Crippen molar-refractivity contribution in [3.05, 3.63) is 124 Å². The Morgan fingerprint density at radius 1 is 0.886 bits per heavy atom. The molecule has 0 saturated heterocycles. The summed E-state index contributed by atoms with van der Waals surface area (Å²) in [5.41, 5.74) is 1.54. The quantitative estimate of drug-likeness (QED) is 0.192. The smallest absolute Gasteiger partial charge is 0.264 e. The molecule has 4 aromatic rings. The minimum atomic E-state index is -4.26. The number of nitrogens with one attached hydrogen (secondary N) is 1. The van der Waals surface area contributed by atoms with Gasteiger partial charge >= 0.3 is 0 Å². The predicted octanol–water partition coefficient (Wildman–Crippen LogP) is 5.97. The molecule has 4 aromatic carbocycles. The molecular weight excluding hydrogens is 621 g/mol. The minimum Gasteiger partial charge on any atom is -0.495 e. The number of rotatable bonds is 13. The maximum Gasteiger partial charge on any atom is 0.264 e. The number of nitrogens with zero attached hydrogens (tertiary/aromatic N) is 2. The Hall–Kier alpha value is -4.05. The molecule has 1 atom stereocenters. The van der Waals surface area contributed by atoms with E-state index in [0.29, 0.717) is 22.2 Å². The first-order valence-corrected chi connectivity index (χ1v) is 16.1. The average molecular weight is 655 g/mol. The molecule has 0 heterocycles.